The summed E-state index contributed by atoms with van der Waals surface area (Å²) in [7, 11) is 0. The van der Waals surface area contributed by atoms with E-state index in [9.17, 15) is 19.5 Å². The quantitative estimate of drug-likeness (QED) is 0.871. The molecule has 0 saturated carbocycles. The van der Waals surface area contributed by atoms with E-state index in [2.05, 4.69) is 0 Å². The molecule has 2 amide bonds. The number of carbonyl (C=O) groups excluding carboxylic acids is 2. The molecule has 1 N–H and O–H groups in total. The molecule has 4 rings (SSSR count). The van der Waals surface area contributed by atoms with Gasteiger partial charge in [-0.25, -0.2) is 4.79 Å². The highest BCUT2D eigenvalue weighted by Crippen LogP contribution is 2.25. The van der Waals surface area contributed by atoms with Crippen LogP contribution in [0.3, 0.4) is 0 Å². The third-order valence-corrected chi connectivity index (χ3v) is 5.86. The van der Waals surface area contributed by atoms with Gasteiger partial charge in [0.1, 0.15) is 0 Å². The highest BCUT2D eigenvalue weighted by molar-refractivity contribution is 5.94. The molecule has 0 bridgehead atoms. The smallest absolute Gasteiger partial charge is 0.335 e. The Morgan fingerprint density at radius 2 is 1.69 bits per heavy atom. The fourth-order valence-corrected chi connectivity index (χ4v) is 4.26. The average molecular weight is 392 g/mol. The number of amides is 2. The molecule has 29 heavy (non-hydrogen) atoms. The van der Waals surface area contributed by atoms with Crippen molar-refractivity contribution < 1.29 is 19.5 Å². The molecular weight excluding hydrogens is 368 g/mol. The van der Waals surface area contributed by atoms with Gasteiger partial charge >= 0.3 is 5.97 Å². The van der Waals surface area contributed by atoms with E-state index in [1.807, 2.05) is 29.2 Å². The lowest BCUT2D eigenvalue weighted by atomic mass is 9.93. The van der Waals surface area contributed by atoms with Crippen LogP contribution in [0, 0.1) is 5.92 Å². The topological polar surface area (TPSA) is 77.9 Å². The third kappa shape index (κ3) is 4.01. The van der Waals surface area contributed by atoms with Gasteiger partial charge < -0.3 is 14.9 Å². The highest BCUT2D eigenvalue weighted by atomic mass is 16.4. The number of carboxylic acids is 1. The van der Waals surface area contributed by atoms with Gasteiger partial charge in [-0.2, -0.15) is 0 Å². The average Bonchev–Trinajstić information content (AvgIpc) is 2.78. The highest BCUT2D eigenvalue weighted by Gasteiger charge is 2.33. The van der Waals surface area contributed by atoms with E-state index in [4.69, 9.17) is 0 Å². The number of benzene rings is 2. The predicted octanol–water partition coefficient (Wildman–Crippen LogP) is 2.82. The van der Waals surface area contributed by atoms with E-state index >= 15 is 0 Å². The van der Waals surface area contributed by atoms with E-state index in [1.54, 1.807) is 29.2 Å². The molecule has 1 fully saturated rings. The van der Waals surface area contributed by atoms with Crippen molar-refractivity contribution in [2.75, 3.05) is 19.6 Å². The van der Waals surface area contributed by atoms with Gasteiger partial charge in [0.2, 0.25) is 5.91 Å². The minimum atomic E-state index is -0.960. The number of hydrogen-bond acceptors (Lipinski definition) is 3. The van der Waals surface area contributed by atoms with Gasteiger partial charge in [-0.1, -0.05) is 24.3 Å². The maximum Gasteiger partial charge on any atom is 0.335 e. The number of rotatable bonds is 3. The first-order chi connectivity index (χ1) is 14.0. The normalized spacial score (nSPS) is 18.8. The van der Waals surface area contributed by atoms with Crippen LogP contribution in [0.2, 0.25) is 0 Å². The fraction of sp³-hybridized carbons (Fsp3) is 0.348. The van der Waals surface area contributed by atoms with E-state index in [1.165, 1.54) is 0 Å². The van der Waals surface area contributed by atoms with Crippen LogP contribution in [0.5, 0.6) is 0 Å². The van der Waals surface area contributed by atoms with Gasteiger partial charge in [0.25, 0.3) is 5.91 Å². The number of fused-ring (bicyclic) bond motifs is 1. The number of carbonyl (C=O) groups is 3. The molecule has 2 aromatic carbocycles. The molecule has 1 atom stereocenters. The summed E-state index contributed by atoms with van der Waals surface area (Å²) in [4.78, 5) is 40.8. The molecule has 2 aromatic rings. The molecule has 6 heteroatoms. The Morgan fingerprint density at radius 3 is 2.45 bits per heavy atom. The summed E-state index contributed by atoms with van der Waals surface area (Å²) in [6, 6.07) is 14.3. The van der Waals surface area contributed by atoms with Gasteiger partial charge in [-0.3, -0.25) is 9.59 Å². The summed E-state index contributed by atoms with van der Waals surface area (Å²) in [6.45, 7) is 2.16. The number of piperidine rings is 1. The third-order valence-electron chi connectivity index (χ3n) is 5.86. The zero-order chi connectivity index (χ0) is 20.4. The van der Waals surface area contributed by atoms with Crippen molar-refractivity contribution in [1.29, 1.82) is 0 Å². The summed E-state index contributed by atoms with van der Waals surface area (Å²) in [6.07, 6.45) is 2.30. The second-order valence-corrected chi connectivity index (χ2v) is 7.75. The summed E-state index contributed by atoms with van der Waals surface area (Å²) < 4.78 is 0. The molecule has 2 aliphatic rings. The van der Waals surface area contributed by atoms with E-state index < -0.39 is 5.97 Å². The molecule has 150 valence electrons. The lowest BCUT2D eigenvalue weighted by molar-refractivity contribution is -0.137. The van der Waals surface area contributed by atoms with Crippen LogP contribution in [0.1, 0.15) is 44.7 Å². The van der Waals surface area contributed by atoms with Crippen LogP contribution in [0.15, 0.2) is 48.5 Å². The molecule has 1 saturated heterocycles. The van der Waals surface area contributed by atoms with Crippen molar-refractivity contribution in [3.8, 4) is 0 Å². The number of nitrogens with zero attached hydrogens (tertiary/aromatic N) is 2. The van der Waals surface area contributed by atoms with Gasteiger partial charge in [0.15, 0.2) is 0 Å². The van der Waals surface area contributed by atoms with Crippen molar-refractivity contribution in [3.05, 3.63) is 70.8 Å². The first-order valence-electron chi connectivity index (χ1n) is 10.0. The zero-order valence-electron chi connectivity index (χ0n) is 16.2. The molecule has 2 heterocycles. The molecule has 0 aromatic heterocycles. The Morgan fingerprint density at radius 1 is 0.897 bits per heavy atom. The van der Waals surface area contributed by atoms with Crippen LogP contribution in [0.25, 0.3) is 0 Å². The van der Waals surface area contributed by atoms with E-state index in [-0.39, 0.29) is 23.3 Å². The van der Waals surface area contributed by atoms with Gasteiger partial charge in [0.05, 0.1) is 11.5 Å². The summed E-state index contributed by atoms with van der Waals surface area (Å²) in [5.41, 5.74) is 2.89. The van der Waals surface area contributed by atoms with Crippen molar-refractivity contribution >= 4 is 17.8 Å². The van der Waals surface area contributed by atoms with Gasteiger partial charge in [0, 0.05) is 31.7 Å². The minimum absolute atomic E-state index is 0.0295. The first kappa shape index (κ1) is 19.2. The standard InChI is InChI=1S/C23H24N2O4/c26-21(17-5-2-1-3-6-17)24-11-4-7-19(14-24)22(27)25-12-10-16-8-9-18(23(28)29)13-20(16)15-25/h1-3,5-6,8-9,13,19H,4,7,10-12,14-15H2,(H,28,29). The van der Waals surface area contributed by atoms with Crippen LogP contribution in [0.4, 0.5) is 0 Å². The van der Waals surface area contributed by atoms with Crippen LogP contribution >= 0.6 is 0 Å². The van der Waals surface area contributed by atoms with Gasteiger partial charge in [-0.15, -0.1) is 0 Å². The predicted molar refractivity (Wildman–Crippen MR) is 108 cm³/mol. The maximum absolute atomic E-state index is 13.2. The summed E-state index contributed by atoms with van der Waals surface area (Å²) in [5.74, 6) is -1.14. The van der Waals surface area contributed by atoms with E-state index in [0.29, 0.717) is 31.7 Å². The Bertz CT molecular complexity index is 941. The lowest BCUT2D eigenvalue weighted by Gasteiger charge is -2.37. The maximum atomic E-state index is 13.2. The second-order valence-electron chi connectivity index (χ2n) is 7.75. The first-order valence-corrected chi connectivity index (χ1v) is 10.0. The molecule has 2 aliphatic heterocycles. The number of carboxylic acid groups (broad SMARTS) is 1. The largest absolute Gasteiger partial charge is 0.478 e. The molecule has 6 nitrogen and oxygen atoms in total. The van der Waals surface area contributed by atoms with Crippen LogP contribution in [-0.2, 0) is 17.8 Å². The second kappa shape index (κ2) is 8.07. The zero-order valence-corrected chi connectivity index (χ0v) is 16.2. The molecular formula is C23H24N2O4. The van der Waals surface area contributed by atoms with E-state index in [0.717, 1.165) is 30.4 Å². The Kier molecular flexibility index (Phi) is 5.34. The van der Waals surface area contributed by atoms with Crippen molar-refractivity contribution in [2.45, 2.75) is 25.8 Å². The molecule has 0 radical (unpaired) electrons. The molecule has 0 aliphatic carbocycles. The van der Waals surface area contributed by atoms with Crippen molar-refractivity contribution in [1.82, 2.24) is 9.80 Å². The number of likely N-dealkylation sites (tertiary alicyclic amines) is 1. The number of hydrogen-bond donors (Lipinski definition) is 1. The Hall–Kier alpha value is -3.15. The SMILES string of the molecule is O=C(O)c1ccc2c(c1)CN(C(=O)C1CCCN(C(=O)c3ccccc3)C1)CC2. The van der Waals surface area contributed by atoms with Crippen molar-refractivity contribution in [2.24, 2.45) is 5.92 Å². The van der Waals surface area contributed by atoms with Crippen LogP contribution in [-0.4, -0.2) is 52.3 Å². The van der Waals surface area contributed by atoms with Crippen LogP contribution < -0.4 is 0 Å². The molecule has 1 unspecified atom stereocenters. The fourth-order valence-electron chi connectivity index (χ4n) is 4.26. The van der Waals surface area contributed by atoms with Crippen molar-refractivity contribution in [3.63, 3.8) is 0 Å². The summed E-state index contributed by atoms with van der Waals surface area (Å²) >= 11 is 0. The van der Waals surface area contributed by atoms with Gasteiger partial charge in [-0.05, 0) is 54.7 Å². The summed E-state index contributed by atoms with van der Waals surface area (Å²) in [5, 5.41) is 9.22. The minimum Gasteiger partial charge on any atom is -0.478 e. The Labute approximate surface area is 169 Å². The molecule has 0 spiro atoms. The monoisotopic (exact) mass is 392 g/mol. The Balaban J connectivity index is 1.45. The number of aromatic carboxylic acids is 1. The lowest BCUT2D eigenvalue weighted by Crippen LogP contribution is -2.47.